The average molecular weight is 296 g/mol. The zero-order chi connectivity index (χ0) is 15.8. The van der Waals surface area contributed by atoms with E-state index in [9.17, 15) is 0 Å². The lowest BCUT2D eigenvalue weighted by Crippen LogP contribution is -2.42. The molecule has 0 atom stereocenters. The van der Waals surface area contributed by atoms with Gasteiger partial charge in [-0.1, -0.05) is 54.6 Å². The van der Waals surface area contributed by atoms with Gasteiger partial charge in [-0.2, -0.15) is 0 Å². The number of hydrogen-bond donors (Lipinski definition) is 0. The van der Waals surface area contributed by atoms with Crippen molar-refractivity contribution >= 4 is 12.2 Å². The van der Waals surface area contributed by atoms with E-state index in [1.54, 1.807) is 0 Å². The summed E-state index contributed by atoms with van der Waals surface area (Å²) in [5.74, 6) is 0.938. The molecule has 0 saturated carbocycles. The predicted molar refractivity (Wildman–Crippen MR) is 94.8 cm³/mol. The Labute approximate surface area is 134 Å². The van der Waals surface area contributed by atoms with Gasteiger partial charge in [-0.05, 0) is 30.2 Å². The van der Waals surface area contributed by atoms with E-state index in [-0.39, 0.29) is 0 Å². The Morgan fingerprint density at radius 2 is 1.45 bits per heavy atom. The largest absolute Gasteiger partial charge is 0.488 e. The van der Waals surface area contributed by atoms with Crippen LogP contribution >= 0.6 is 0 Å². The number of quaternary nitrogens is 1. The molecule has 2 aromatic rings. The Morgan fingerprint density at radius 1 is 0.864 bits per heavy atom. The van der Waals surface area contributed by atoms with E-state index in [1.807, 2.05) is 30.3 Å². The molecule has 0 heterocycles. The molecule has 0 fully saturated rings. The quantitative estimate of drug-likeness (QED) is 0.546. The molecule has 0 bridgehead atoms. The molecule has 2 nitrogen and oxygen atoms in total. The fourth-order valence-corrected chi connectivity index (χ4v) is 2.00. The minimum atomic E-state index is 0.750. The van der Waals surface area contributed by atoms with Crippen LogP contribution in [0.1, 0.15) is 18.1 Å². The van der Waals surface area contributed by atoms with Crippen LogP contribution in [-0.4, -0.2) is 38.3 Å². The lowest BCUT2D eigenvalue weighted by Gasteiger charge is -2.27. The highest BCUT2D eigenvalue weighted by Gasteiger charge is 2.11. The van der Waals surface area contributed by atoms with E-state index in [2.05, 4.69) is 57.4 Å². The first kappa shape index (κ1) is 16.3. The molecule has 0 aromatic heterocycles. The molecule has 0 radical (unpaired) electrons. The van der Waals surface area contributed by atoms with Crippen molar-refractivity contribution in [3.8, 4) is 5.75 Å². The third-order valence-corrected chi connectivity index (χ3v) is 3.97. The minimum absolute atomic E-state index is 0.750. The van der Waals surface area contributed by atoms with Crippen molar-refractivity contribution in [2.24, 2.45) is 0 Å². The van der Waals surface area contributed by atoms with Crippen LogP contribution < -0.4 is 4.74 Å². The topological polar surface area (TPSA) is 9.23 Å². The lowest BCUT2D eigenvalue weighted by molar-refractivity contribution is -0.888. The highest BCUT2D eigenvalue weighted by molar-refractivity contribution is 5.69. The monoisotopic (exact) mass is 296 g/mol. The summed E-state index contributed by atoms with van der Waals surface area (Å²) in [4.78, 5) is 0. The van der Waals surface area contributed by atoms with Crippen LogP contribution in [0, 0.1) is 0 Å². The number of hydrogen-bond acceptors (Lipinski definition) is 1. The molecular formula is C20H26NO+. The molecule has 2 rings (SSSR count). The fraction of sp³-hybridized carbons (Fsp3) is 0.300. The highest BCUT2D eigenvalue weighted by Crippen LogP contribution is 2.15. The summed E-state index contributed by atoms with van der Waals surface area (Å²) < 4.78 is 6.81. The van der Waals surface area contributed by atoms with Crippen molar-refractivity contribution < 1.29 is 9.22 Å². The molecule has 0 unspecified atom stereocenters. The second-order valence-corrected chi connectivity index (χ2v) is 6.14. The molecule has 0 aliphatic heterocycles. The third kappa shape index (κ3) is 5.38. The normalized spacial score (nSPS) is 11.8. The number of likely N-dealkylation sites (N-methyl/N-ethyl adjacent to an activating group) is 1. The van der Waals surface area contributed by atoms with Gasteiger partial charge in [0.05, 0.1) is 20.6 Å². The molecule has 22 heavy (non-hydrogen) atoms. The molecule has 2 heteroatoms. The summed E-state index contributed by atoms with van der Waals surface area (Å²) in [5, 5.41) is 0. The van der Waals surface area contributed by atoms with Gasteiger partial charge in [0.15, 0.2) is 0 Å². The van der Waals surface area contributed by atoms with E-state index >= 15 is 0 Å². The average Bonchev–Trinajstić information content (AvgIpc) is 2.55. The summed E-state index contributed by atoms with van der Waals surface area (Å²) in [6.45, 7) is 5.09. The minimum Gasteiger partial charge on any atom is -0.488 e. The van der Waals surface area contributed by atoms with Crippen LogP contribution in [0.15, 0.2) is 54.6 Å². The van der Waals surface area contributed by atoms with E-state index in [0.717, 1.165) is 29.9 Å². The first-order valence-corrected chi connectivity index (χ1v) is 7.87. The fourth-order valence-electron chi connectivity index (χ4n) is 2.00. The van der Waals surface area contributed by atoms with E-state index in [1.165, 1.54) is 11.1 Å². The maximum atomic E-state index is 5.82. The van der Waals surface area contributed by atoms with Crippen molar-refractivity contribution in [2.75, 3.05) is 33.8 Å². The summed E-state index contributed by atoms with van der Waals surface area (Å²) in [6.07, 6.45) is 4.24. The third-order valence-electron chi connectivity index (χ3n) is 3.97. The Morgan fingerprint density at radius 3 is 2.05 bits per heavy atom. The van der Waals surface area contributed by atoms with Crippen LogP contribution in [0.4, 0.5) is 0 Å². The molecule has 116 valence electrons. The number of ether oxygens (including phenoxy) is 1. The van der Waals surface area contributed by atoms with E-state index in [4.69, 9.17) is 4.74 Å². The molecule has 0 amide bonds. The van der Waals surface area contributed by atoms with Gasteiger partial charge < -0.3 is 9.22 Å². The van der Waals surface area contributed by atoms with Crippen LogP contribution in [0.2, 0.25) is 0 Å². The number of benzene rings is 2. The Bertz CT molecular complexity index is 585. The standard InChI is InChI=1S/C20H26NO/c1-4-21(2,3)16-17-22-20-14-12-19(13-15-20)11-10-18-8-6-5-7-9-18/h5-15H,4,16-17H2,1-3H3/q+1. The highest BCUT2D eigenvalue weighted by atomic mass is 16.5. The van der Waals surface area contributed by atoms with Gasteiger partial charge >= 0.3 is 0 Å². The molecule has 0 aliphatic carbocycles. The van der Waals surface area contributed by atoms with Gasteiger partial charge in [0.1, 0.15) is 18.9 Å². The number of rotatable bonds is 7. The maximum Gasteiger partial charge on any atom is 0.137 e. The second-order valence-electron chi connectivity index (χ2n) is 6.14. The van der Waals surface area contributed by atoms with Crippen LogP contribution in [0.3, 0.4) is 0 Å². The van der Waals surface area contributed by atoms with Gasteiger partial charge in [-0.15, -0.1) is 0 Å². The first-order chi connectivity index (χ1) is 10.6. The zero-order valence-corrected chi connectivity index (χ0v) is 13.8. The van der Waals surface area contributed by atoms with Crippen LogP contribution in [-0.2, 0) is 0 Å². The van der Waals surface area contributed by atoms with Crippen molar-refractivity contribution in [1.82, 2.24) is 0 Å². The van der Waals surface area contributed by atoms with Crippen LogP contribution in [0.5, 0.6) is 5.75 Å². The van der Waals surface area contributed by atoms with Gasteiger partial charge in [-0.25, -0.2) is 0 Å². The summed E-state index contributed by atoms with van der Waals surface area (Å²) in [6, 6.07) is 18.6. The van der Waals surface area contributed by atoms with E-state index in [0.29, 0.717) is 0 Å². The second kappa shape index (κ2) is 7.81. The van der Waals surface area contributed by atoms with Gasteiger partial charge in [0.25, 0.3) is 0 Å². The smallest absolute Gasteiger partial charge is 0.137 e. The summed E-state index contributed by atoms with van der Waals surface area (Å²) in [5.41, 5.74) is 2.39. The van der Waals surface area contributed by atoms with Crippen molar-refractivity contribution in [3.63, 3.8) is 0 Å². The summed E-state index contributed by atoms with van der Waals surface area (Å²) >= 11 is 0. The molecule has 0 spiro atoms. The van der Waals surface area contributed by atoms with E-state index < -0.39 is 0 Å². The Balaban J connectivity index is 1.87. The molecule has 2 aromatic carbocycles. The molecule has 0 N–H and O–H groups in total. The Hall–Kier alpha value is -2.06. The van der Waals surface area contributed by atoms with Crippen LogP contribution in [0.25, 0.3) is 12.2 Å². The SMILES string of the molecule is CC[N+](C)(C)CCOc1ccc(C=Cc2ccccc2)cc1. The van der Waals surface area contributed by atoms with Crippen molar-refractivity contribution in [1.29, 1.82) is 0 Å². The first-order valence-electron chi connectivity index (χ1n) is 7.87. The number of nitrogens with zero attached hydrogens (tertiary/aromatic N) is 1. The summed E-state index contributed by atoms with van der Waals surface area (Å²) in [7, 11) is 4.45. The van der Waals surface area contributed by atoms with Gasteiger partial charge in [0, 0.05) is 0 Å². The zero-order valence-electron chi connectivity index (χ0n) is 13.8. The predicted octanol–water partition coefficient (Wildman–Crippen LogP) is 4.33. The Kier molecular flexibility index (Phi) is 5.79. The maximum absolute atomic E-state index is 5.82. The van der Waals surface area contributed by atoms with Crippen molar-refractivity contribution in [2.45, 2.75) is 6.92 Å². The van der Waals surface area contributed by atoms with Gasteiger partial charge in [0.2, 0.25) is 0 Å². The molecule has 0 saturated heterocycles. The lowest BCUT2D eigenvalue weighted by atomic mass is 10.1. The molecular weight excluding hydrogens is 270 g/mol. The van der Waals surface area contributed by atoms with Gasteiger partial charge in [-0.3, -0.25) is 0 Å². The van der Waals surface area contributed by atoms with Crippen molar-refractivity contribution in [3.05, 3.63) is 65.7 Å². The molecule has 0 aliphatic rings.